The van der Waals surface area contributed by atoms with Gasteiger partial charge in [0.15, 0.2) is 22.4 Å². The molecule has 1 saturated heterocycles. The third-order valence-corrected chi connectivity index (χ3v) is 13.7. The fourth-order valence-corrected chi connectivity index (χ4v) is 9.32. The third kappa shape index (κ3) is 8.47. The minimum Gasteiger partial charge on any atom is -0.507 e. The van der Waals surface area contributed by atoms with Gasteiger partial charge in [-0.05, 0) is 32.3 Å². The molecule has 1 amide bonds. The summed E-state index contributed by atoms with van der Waals surface area (Å²) in [7, 11) is 1.43. The number of aliphatic hydroxyl groups is 3. The number of hydrogen-bond donors (Lipinski definition) is 5. The van der Waals surface area contributed by atoms with Gasteiger partial charge in [-0.1, -0.05) is 52.8 Å². The van der Waals surface area contributed by atoms with Crippen molar-refractivity contribution in [1.29, 1.82) is 0 Å². The molecule has 0 saturated carbocycles. The zero-order chi connectivity index (χ0) is 48.3. The van der Waals surface area contributed by atoms with Gasteiger partial charge in [0, 0.05) is 92.1 Å². The minimum atomic E-state index is -2.01. The van der Waals surface area contributed by atoms with Crippen LogP contribution in [0.1, 0.15) is 67.4 Å². The molecular formula is C49H58FN3O13. The first-order chi connectivity index (χ1) is 31.1. The highest BCUT2D eigenvalue weighted by Gasteiger charge is 2.44. The molecular weight excluding hydrogens is 858 g/mol. The summed E-state index contributed by atoms with van der Waals surface area (Å²) >= 11 is 0. The Morgan fingerprint density at radius 3 is 2.36 bits per heavy atom. The molecule has 16 nitrogen and oxygen atoms in total. The van der Waals surface area contributed by atoms with E-state index >= 15 is 0 Å². The lowest BCUT2D eigenvalue weighted by atomic mass is 9.78. The van der Waals surface area contributed by atoms with Crippen molar-refractivity contribution in [2.45, 2.75) is 105 Å². The summed E-state index contributed by atoms with van der Waals surface area (Å²) in [6.07, 6.45) is 2.79. The highest BCUT2D eigenvalue weighted by Crippen LogP contribution is 2.42. The highest BCUT2D eigenvalue weighted by atomic mass is 19.1. The van der Waals surface area contributed by atoms with Crippen molar-refractivity contribution in [1.82, 2.24) is 4.98 Å². The van der Waals surface area contributed by atoms with E-state index in [1.165, 1.54) is 65.4 Å². The lowest BCUT2D eigenvalue weighted by molar-refractivity contribution is -0.160. The maximum absolute atomic E-state index is 14.9. The summed E-state index contributed by atoms with van der Waals surface area (Å²) in [5.74, 6) is -7.33. The average Bonchev–Trinajstić information content (AvgIpc) is 3.54. The maximum Gasteiger partial charge on any atom is 0.307 e. The number of rotatable bonds is 3. The Kier molecular flexibility index (Phi) is 13.3. The van der Waals surface area contributed by atoms with Crippen molar-refractivity contribution in [3.63, 3.8) is 0 Å². The molecule has 5 N–H and O–H groups in total. The molecule has 4 bridgehead atoms. The van der Waals surface area contributed by atoms with Gasteiger partial charge in [0.1, 0.15) is 35.0 Å². The first kappa shape index (κ1) is 47.9. The first-order valence-corrected chi connectivity index (χ1v) is 22.1. The van der Waals surface area contributed by atoms with Crippen LogP contribution in [-0.2, 0) is 23.8 Å². The largest absolute Gasteiger partial charge is 0.507 e. The minimum absolute atomic E-state index is 0.0282. The predicted octanol–water partition coefficient (Wildman–Crippen LogP) is 5.74. The number of phenols is 1. The van der Waals surface area contributed by atoms with Gasteiger partial charge in [-0.25, -0.2) is 9.37 Å². The number of carbonyl (C=O) groups excluding carboxylic acids is 2. The standard InChI is InChI=1S/C49H58FN3O13/c1-21-14-16-53(20-30(21)50)29-18-31(55)37-33(19-29)65-46-38(51-37)34-35-42(58)27(7)45-36(34)47(60)49(9,66-45)63-17-15-32(62-10)24(4)44(64-28(8)54)26(6)41(57)25(5)40(56)22(2)12-11-13-23(3)48(61)52-39(46)43(35)59/h11-13,15,17-19,21-22,24-26,30,32,40-41,44,56-58,60H,14,16,20H2,1-10H3,(H,52,61)/b12-11+,17-15+,23-13-/t21?,22-,24+,25+,26+,30?,32-,40-,41+,44+,49-/m0/s1. The Morgan fingerprint density at radius 1 is 0.985 bits per heavy atom. The van der Waals surface area contributed by atoms with E-state index in [4.69, 9.17) is 28.3 Å². The summed E-state index contributed by atoms with van der Waals surface area (Å²) in [6, 6.07) is 2.83. The zero-order valence-electron chi connectivity index (χ0n) is 38.7. The van der Waals surface area contributed by atoms with Crippen molar-refractivity contribution in [2.24, 2.45) is 29.6 Å². The molecule has 66 heavy (non-hydrogen) atoms. The number of ether oxygens (including phenoxy) is 4. The number of aromatic hydroxyl groups is 1. The normalized spacial score (nSPS) is 31.9. The molecule has 11 atom stereocenters. The molecule has 0 radical (unpaired) electrons. The SMILES string of the molecule is CO[C@H]1/C=C/O[C@@]2(C)Oc3c(C)c(O)c4c(=O)c(c5oc6cc(N7CCC(C)C(F)C7)cc(=O)c6nc5c4c3=C2O)NC(=O)/C(C)=C\C=C\[C@H](C)[C@H](O)[C@@H](C)[C@@H](O)[C@@H](C)[C@H](OC(C)=O)[C@@H]1C. The number of benzene rings is 3. The Morgan fingerprint density at radius 2 is 1.70 bits per heavy atom. The van der Waals surface area contributed by atoms with Gasteiger partial charge in [0.2, 0.25) is 10.9 Å². The number of esters is 1. The van der Waals surface area contributed by atoms with Gasteiger partial charge in [0.25, 0.3) is 5.91 Å². The number of halogens is 1. The van der Waals surface area contributed by atoms with E-state index in [1.54, 1.807) is 44.7 Å². The van der Waals surface area contributed by atoms with E-state index in [-0.39, 0.29) is 67.5 Å². The number of aliphatic hydroxyl groups excluding tert-OH is 3. The molecule has 3 aromatic carbocycles. The molecule has 0 spiro atoms. The molecule has 7 rings (SSSR count). The number of piperidine rings is 1. The molecule has 2 unspecified atom stereocenters. The zero-order valence-corrected chi connectivity index (χ0v) is 38.7. The predicted molar refractivity (Wildman–Crippen MR) is 246 cm³/mol. The monoisotopic (exact) mass is 915 g/mol. The number of fused-ring (bicyclic) bond motifs is 2. The summed E-state index contributed by atoms with van der Waals surface area (Å²) < 4.78 is 45.2. The van der Waals surface area contributed by atoms with E-state index in [0.29, 0.717) is 18.7 Å². The molecule has 0 aliphatic carbocycles. The smallest absolute Gasteiger partial charge is 0.307 e. The lowest BCUT2D eigenvalue weighted by Crippen LogP contribution is -2.46. The van der Waals surface area contributed by atoms with Crippen LogP contribution >= 0.6 is 0 Å². The van der Waals surface area contributed by atoms with E-state index in [1.807, 2.05) is 6.92 Å². The number of aromatic nitrogens is 1. The van der Waals surface area contributed by atoms with Gasteiger partial charge in [0.05, 0.1) is 35.2 Å². The molecule has 354 valence electrons. The van der Waals surface area contributed by atoms with Crippen molar-refractivity contribution in [3.05, 3.63) is 79.5 Å². The van der Waals surface area contributed by atoms with E-state index in [2.05, 4.69) is 5.32 Å². The summed E-state index contributed by atoms with van der Waals surface area (Å²) in [5.41, 5.74) is -2.19. The van der Waals surface area contributed by atoms with Gasteiger partial charge in [-0.2, -0.15) is 0 Å². The van der Waals surface area contributed by atoms with Crippen LogP contribution in [0.5, 0.6) is 11.5 Å². The number of phenolic OH excluding ortho intramolecular Hbond substituents is 1. The van der Waals surface area contributed by atoms with Gasteiger partial charge < -0.3 is 54.0 Å². The molecule has 3 aliphatic heterocycles. The maximum atomic E-state index is 14.9. The number of hydrogen-bond acceptors (Lipinski definition) is 15. The van der Waals surface area contributed by atoms with Crippen LogP contribution in [0.25, 0.3) is 38.7 Å². The van der Waals surface area contributed by atoms with Gasteiger partial charge in [-0.15, -0.1) is 0 Å². The number of nitrogens with zero attached hydrogens (tertiary/aromatic N) is 2. The quantitative estimate of drug-likeness (QED) is 0.0938. The number of allylic oxidation sites excluding steroid dienone is 2. The fraction of sp³-hybridized carbons (Fsp3) is 0.490. The Balaban J connectivity index is 1.48. The average molecular weight is 916 g/mol. The third-order valence-electron chi connectivity index (χ3n) is 13.7. The molecule has 4 aromatic rings. The number of amides is 1. The van der Waals surface area contributed by atoms with E-state index < -0.39 is 100.0 Å². The highest BCUT2D eigenvalue weighted by molar-refractivity contribution is 6.16. The molecule has 4 heterocycles. The number of anilines is 2. The van der Waals surface area contributed by atoms with Crippen molar-refractivity contribution in [2.75, 3.05) is 30.4 Å². The Labute approximate surface area is 380 Å². The van der Waals surface area contributed by atoms with Crippen molar-refractivity contribution >= 4 is 62.0 Å². The van der Waals surface area contributed by atoms with Crippen LogP contribution in [0.4, 0.5) is 15.8 Å². The summed E-state index contributed by atoms with van der Waals surface area (Å²) in [5, 5.41) is 49.0. The summed E-state index contributed by atoms with van der Waals surface area (Å²) in [6.45, 7) is 14.8. The van der Waals surface area contributed by atoms with Gasteiger partial charge in [-0.3, -0.25) is 19.2 Å². The Bertz CT molecular complexity index is 2880. The van der Waals surface area contributed by atoms with Crippen LogP contribution in [0.2, 0.25) is 0 Å². The molecule has 1 aromatic heterocycles. The van der Waals surface area contributed by atoms with Crippen molar-refractivity contribution < 1.29 is 57.8 Å². The fourth-order valence-electron chi connectivity index (χ4n) is 9.32. The number of nitrogens with one attached hydrogen (secondary N) is 1. The van der Waals surface area contributed by atoms with E-state index in [9.17, 15) is 44.0 Å². The topological polar surface area (TPSA) is 227 Å². The first-order valence-electron chi connectivity index (χ1n) is 22.1. The molecule has 3 aliphatic rings. The van der Waals surface area contributed by atoms with Crippen LogP contribution < -0.4 is 31.0 Å². The van der Waals surface area contributed by atoms with Crippen LogP contribution in [0.15, 0.2) is 62.3 Å². The second-order valence-electron chi connectivity index (χ2n) is 18.3. The van der Waals surface area contributed by atoms with Crippen LogP contribution in [0, 0.1) is 36.5 Å². The number of alkyl halides is 1. The number of carbonyl (C=O) groups is 2. The summed E-state index contributed by atoms with van der Waals surface area (Å²) in [4.78, 5) is 61.6. The van der Waals surface area contributed by atoms with E-state index in [0.717, 1.165) is 0 Å². The number of methoxy groups -OCH3 is 1. The van der Waals surface area contributed by atoms with Crippen molar-refractivity contribution in [3.8, 4) is 11.5 Å². The molecule has 17 heteroatoms. The Hall–Kier alpha value is -6.04. The lowest BCUT2D eigenvalue weighted by Gasteiger charge is -2.38. The second kappa shape index (κ2) is 18.3. The van der Waals surface area contributed by atoms with Crippen LogP contribution in [-0.4, -0.2) is 93.9 Å². The molecule has 1 fully saturated rings. The van der Waals surface area contributed by atoms with Crippen LogP contribution in [0.3, 0.4) is 0 Å². The second-order valence-corrected chi connectivity index (χ2v) is 18.3. The van der Waals surface area contributed by atoms with Gasteiger partial charge >= 0.3 is 11.8 Å².